The Morgan fingerprint density at radius 1 is 1.43 bits per heavy atom. The molecule has 3 aromatic rings. The SMILES string of the molecule is CCn1c(C(=O)Nc2nnc(C(C)C)s2)cc2sccc21. The van der Waals surface area contributed by atoms with Gasteiger partial charge in [-0.25, -0.2) is 0 Å². The maximum Gasteiger partial charge on any atom is 0.274 e. The molecule has 1 N–H and O–H groups in total. The molecule has 0 aliphatic carbocycles. The summed E-state index contributed by atoms with van der Waals surface area (Å²) in [4.78, 5) is 12.5. The monoisotopic (exact) mass is 320 g/mol. The maximum absolute atomic E-state index is 12.5. The summed E-state index contributed by atoms with van der Waals surface area (Å²) in [6, 6.07) is 3.98. The summed E-state index contributed by atoms with van der Waals surface area (Å²) in [5.74, 6) is 0.185. The molecule has 0 unspecified atom stereocenters. The van der Waals surface area contributed by atoms with Crippen LogP contribution in [0.5, 0.6) is 0 Å². The molecule has 3 rings (SSSR count). The first-order chi connectivity index (χ1) is 10.1. The summed E-state index contributed by atoms with van der Waals surface area (Å²) >= 11 is 3.07. The summed E-state index contributed by atoms with van der Waals surface area (Å²) in [7, 11) is 0. The summed E-state index contributed by atoms with van der Waals surface area (Å²) < 4.78 is 3.15. The van der Waals surface area contributed by atoms with Gasteiger partial charge >= 0.3 is 0 Å². The van der Waals surface area contributed by atoms with E-state index >= 15 is 0 Å². The van der Waals surface area contributed by atoms with Gasteiger partial charge in [0, 0.05) is 12.5 Å². The van der Waals surface area contributed by atoms with Crippen molar-refractivity contribution in [1.82, 2.24) is 14.8 Å². The van der Waals surface area contributed by atoms with Gasteiger partial charge in [-0.05, 0) is 24.4 Å². The van der Waals surface area contributed by atoms with Crippen LogP contribution in [0, 0.1) is 0 Å². The highest BCUT2D eigenvalue weighted by molar-refractivity contribution is 7.17. The van der Waals surface area contributed by atoms with Crippen molar-refractivity contribution in [3.8, 4) is 0 Å². The van der Waals surface area contributed by atoms with Crippen molar-refractivity contribution >= 4 is 43.9 Å². The van der Waals surface area contributed by atoms with Crippen LogP contribution in [0.4, 0.5) is 5.13 Å². The zero-order valence-electron chi connectivity index (χ0n) is 12.1. The molecule has 3 aromatic heterocycles. The molecule has 0 spiro atoms. The molecule has 1 amide bonds. The molecule has 0 saturated carbocycles. The highest BCUT2D eigenvalue weighted by Crippen LogP contribution is 2.27. The molecule has 0 aliphatic rings. The van der Waals surface area contributed by atoms with Crippen molar-refractivity contribution in [1.29, 1.82) is 0 Å². The van der Waals surface area contributed by atoms with Crippen LogP contribution in [-0.4, -0.2) is 20.7 Å². The Labute approximate surface area is 130 Å². The van der Waals surface area contributed by atoms with Gasteiger partial charge in [0.05, 0.1) is 10.2 Å². The lowest BCUT2D eigenvalue weighted by molar-refractivity contribution is 0.101. The van der Waals surface area contributed by atoms with Crippen molar-refractivity contribution in [2.45, 2.75) is 33.2 Å². The second kappa shape index (κ2) is 5.57. The van der Waals surface area contributed by atoms with Crippen molar-refractivity contribution in [3.05, 3.63) is 28.2 Å². The lowest BCUT2D eigenvalue weighted by atomic mass is 10.2. The fourth-order valence-corrected chi connectivity index (χ4v) is 3.75. The number of amides is 1. The van der Waals surface area contributed by atoms with E-state index in [-0.39, 0.29) is 5.91 Å². The zero-order valence-corrected chi connectivity index (χ0v) is 13.7. The van der Waals surface area contributed by atoms with E-state index in [1.54, 1.807) is 11.3 Å². The van der Waals surface area contributed by atoms with E-state index in [2.05, 4.69) is 29.4 Å². The predicted molar refractivity (Wildman–Crippen MR) is 87.4 cm³/mol. The van der Waals surface area contributed by atoms with Gasteiger partial charge in [-0.3, -0.25) is 10.1 Å². The molecule has 3 heterocycles. The molecule has 0 aliphatic heterocycles. The molecule has 0 aromatic carbocycles. The Bertz CT molecular complexity index is 784. The number of hydrogen-bond acceptors (Lipinski definition) is 5. The average molecular weight is 320 g/mol. The molecule has 0 fully saturated rings. The maximum atomic E-state index is 12.5. The molecular formula is C14H16N4OS2. The molecule has 0 atom stereocenters. The lowest BCUT2D eigenvalue weighted by Crippen LogP contribution is -2.16. The molecule has 110 valence electrons. The van der Waals surface area contributed by atoms with Gasteiger partial charge < -0.3 is 4.57 Å². The predicted octanol–water partition coefficient (Wildman–Crippen LogP) is 3.95. The number of hydrogen-bond donors (Lipinski definition) is 1. The number of carbonyl (C=O) groups excluding carboxylic acids is 1. The van der Waals surface area contributed by atoms with E-state index in [1.165, 1.54) is 11.3 Å². The summed E-state index contributed by atoms with van der Waals surface area (Å²) in [6.45, 7) is 6.91. The van der Waals surface area contributed by atoms with Crippen LogP contribution in [0.1, 0.15) is 42.2 Å². The van der Waals surface area contributed by atoms with Crippen LogP contribution in [0.3, 0.4) is 0 Å². The number of thiophene rings is 1. The normalized spacial score (nSPS) is 11.4. The Morgan fingerprint density at radius 2 is 2.24 bits per heavy atom. The van der Waals surface area contributed by atoms with E-state index in [0.29, 0.717) is 16.7 Å². The van der Waals surface area contributed by atoms with Gasteiger partial charge in [0.15, 0.2) is 0 Å². The molecule has 5 nitrogen and oxygen atoms in total. The number of aryl methyl sites for hydroxylation is 1. The first-order valence-electron chi connectivity index (χ1n) is 6.81. The number of nitrogens with zero attached hydrogens (tertiary/aromatic N) is 3. The molecule has 7 heteroatoms. The fraction of sp³-hybridized carbons (Fsp3) is 0.357. The van der Waals surface area contributed by atoms with Gasteiger partial charge in [-0.1, -0.05) is 25.2 Å². The van der Waals surface area contributed by atoms with E-state index < -0.39 is 0 Å². The van der Waals surface area contributed by atoms with Gasteiger partial charge in [-0.2, -0.15) is 0 Å². The second-order valence-corrected chi connectivity index (χ2v) is 6.95. The minimum absolute atomic E-state index is 0.133. The van der Waals surface area contributed by atoms with Crippen molar-refractivity contribution in [3.63, 3.8) is 0 Å². The summed E-state index contributed by atoms with van der Waals surface area (Å²) in [5, 5.41) is 14.5. The molecule has 0 bridgehead atoms. The Balaban J connectivity index is 1.87. The molecule has 0 radical (unpaired) electrons. The van der Waals surface area contributed by atoms with Crippen molar-refractivity contribution in [2.75, 3.05) is 5.32 Å². The summed E-state index contributed by atoms with van der Waals surface area (Å²) in [5.41, 5.74) is 1.77. The van der Waals surface area contributed by atoms with Crippen molar-refractivity contribution in [2.24, 2.45) is 0 Å². The van der Waals surface area contributed by atoms with Crippen LogP contribution < -0.4 is 5.32 Å². The van der Waals surface area contributed by atoms with Crippen LogP contribution in [0.15, 0.2) is 17.5 Å². The standard InChI is InChI=1S/C14H16N4OS2/c1-4-18-9-5-6-20-11(9)7-10(18)12(19)15-14-17-16-13(21-14)8(2)3/h5-8H,4H2,1-3H3,(H,15,17,19). The number of anilines is 1. The number of fused-ring (bicyclic) bond motifs is 1. The van der Waals surface area contributed by atoms with Crippen LogP contribution >= 0.6 is 22.7 Å². The smallest absolute Gasteiger partial charge is 0.274 e. The highest BCUT2D eigenvalue weighted by atomic mass is 32.1. The Hall–Kier alpha value is -1.73. The van der Waals surface area contributed by atoms with Crippen LogP contribution in [0.25, 0.3) is 10.2 Å². The van der Waals surface area contributed by atoms with Gasteiger partial charge in [-0.15, -0.1) is 21.5 Å². The first-order valence-corrected chi connectivity index (χ1v) is 8.51. The van der Waals surface area contributed by atoms with Gasteiger partial charge in [0.2, 0.25) is 5.13 Å². The highest BCUT2D eigenvalue weighted by Gasteiger charge is 2.17. The van der Waals surface area contributed by atoms with Crippen molar-refractivity contribution < 1.29 is 4.79 Å². The average Bonchev–Trinajstić information content (AvgIpc) is 3.12. The third-order valence-corrected chi connectivity index (χ3v) is 5.22. The number of carbonyl (C=O) groups is 1. The molecular weight excluding hydrogens is 304 g/mol. The minimum Gasteiger partial charge on any atom is -0.336 e. The lowest BCUT2D eigenvalue weighted by Gasteiger charge is -2.06. The number of nitrogens with one attached hydrogen (secondary N) is 1. The van der Waals surface area contributed by atoms with E-state index in [4.69, 9.17) is 0 Å². The minimum atomic E-state index is -0.133. The van der Waals surface area contributed by atoms with Gasteiger partial charge in [0.1, 0.15) is 10.7 Å². The first kappa shape index (κ1) is 14.2. The fourth-order valence-electron chi connectivity index (χ4n) is 2.19. The number of rotatable bonds is 4. The van der Waals surface area contributed by atoms with Gasteiger partial charge in [0.25, 0.3) is 5.91 Å². The summed E-state index contributed by atoms with van der Waals surface area (Å²) in [6.07, 6.45) is 0. The quantitative estimate of drug-likeness (QED) is 0.792. The Morgan fingerprint density at radius 3 is 2.90 bits per heavy atom. The molecule has 0 saturated heterocycles. The zero-order chi connectivity index (χ0) is 15.0. The number of aromatic nitrogens is 3. The van der Waals surface area contributed by atoms with Crippen LogP contribution in [0.2, 0.25) is 0 Å². The van der Waals surface area contributed by atoms with Crippen LogP contribution in [-0.2, 0) is 6.54 Å². The third kappa shape index (κ3) is 2.58. The van der Waals surface area contributed by atoms with E-state index in [9.17, 15) is 4.79 Å². The Kier molecular flexibility index (Phi) is 3.77. The second-order valence-electron chi connectivity index (χ2n) is 5.00. The largest absolute Gasteiger partial charge is 0.336 e. The third-order valence-electron chi connectivity index (χ3n) is 3.23. The molecule has 21 heavy (non-hydrogen) atoms. The van der Waals surface area contributed by atoms with E-state index in [1.807, 2.05) is 29.0 Å². The topological polar surface area (TPSA) is 59.8 Å². The van der Waals surface area contributed by atoms with E-state index in [0.717, 1.165) is 21.8 Å².